The van der Waals surface area contributed by atoms with Crippen molar-refractivity contribution in [3.63, 3.8) is 0 Å². The lowest BCUT2D eigenvalue weighted by molar-refractivity contribution is 0.103. The summed E-state index contributed by atoms with van der Waals surface area (Å²) in [6.45, 7) is 0.453. The van der Waals surface area contributed by atoms with Gasteiger partial charge >= 0.3 is 0 Å². The molecule has 0 amide bonds. The van der Waals surface area contributed by atoms with Crippen LogP contribution in [0.5, 0.6) is 5.75 Å². The molecule has 0 aliphatic rings. The summed E-state index contributed by atoms with van der Waals surface area (Å²) in [6.07, 6.45) is 0. The summed E-state index contributed by atoms with van der Waals surface area (Å²) in [5.41, 5.74) is 2.13. The second-order valence-electron chi connectivity index (χ2n) is 4.39. The average Bonchev–Trinajstić information content (AvgIpc) is 2.49. The fourth-order valence-electron chi connectivity index (χ4n) is 1.93. The highest BCUT2D eigenvalue weighted by molar-refractivity contribution is 5.36. The van der Waals surface area contributed by atoms with E-state index in [4.69, 9.17) is 14.6 Å². The molecule has 0 radical (unpaired) electrons. The zero-order chi connectivity index (χ0) is 14.4. The summed E-state index contributed by atoms with van der Waals surface area (Å²) in [5.74, 6) is 0.416. The van der Waals surface area contributed by atoms with Crippen LogP contribution in [0.4, 0.5) is 4.39 Å². The van der Waals surface area contributed by atoms with Crippen LogP contribution in [-0.2, 0) is 24.6 Å². The van der Waals surface area contributed by atoms with E-state index in [9.17, 15) is 4.39 Å². The van der Waals surface area contributed by atoms with E-state index >= 15 is 0 Å². The summed E-state index contributed by atoms with van der Waals surface area (Å²) in [7, 11) is 1.58. The molecule has 0 bridgehead atoms. The van der Waals surface area contributed by atoms with Crippen LogP contribution in [0.2, 0.25) is 0 Å². The van der Waals surface area contributed by atoms with Crippen molar-refractivity contribution in [2.24, 2.45) is 0 Å². The Kier molecular flexibility index (Phi) is 5.09. The Morgan fingerprint density at radius 1 is 1.05 bits per heavy atom. The maximum absolute atomic E-state index is 13.4. The predicted octanol–water partition coefficient (Wildman–Crippen LogP) is 3.04. The van der Waals surface area contributed by atoms with Crippen molar-refractivity contribution in [3.05, 3.63) is 65.0 Å². The standard InChI is InChI=1S/C16H17FO3/c1-19-16-7-6-12(9-18)8-14(16)11-20-10-13-4-2-3-5-15(13)17/h2-8,18H,9-11H2,1H3. The van der Waals surface area contributed by atoms with E-state index < -0.39 is 0 Å². The highest BCUT2D eigenvalue weighted by atomic mass is 19.1. The van der Waals surface area contributed by atoms with E-state index in [1.165, 1.54) is 6.07 Å². The topological polar surface area (TPSA) is 38.7 Å². The first-order valence-electron chi connectivity index (χ1n) is 6.32. The van der Waals surface area contributed by atoms with Gasteiger partial charge in [-0.3, -0.25) is 0 Å². The van der Waals surface area contributed by atoms with E-state index in [2.05, 4.69) is 0 Å². The molecule has 20 heavy (non-hydrogen) atoms. The largest absolute Gasteiger partial charge is 0.496 e. The normalized spacial score (nSPS) is 10.6. The number of hydrogen-bond donors (Lipinski definition) is 1. The van der Waals surface area contributed by atoms with Crippen molar-refractivity contribution in [1.29, 1.82) is 0 Å². The summed E-state index contributed by atoms with van der Waals surface area (Å²) in [5, 5.41) is 9.13. The molecule has 1 N–H and O–H groups in total. The highest BCUT2D eigenvalue weighted by Gasteiger charge is 2.06. The monoisotopic (exact) mass is 276 g/mol. The molecular weight excluding hydrogens is 259 g/mol. The molecule has 3 nitrogen and oxygen atoms in total. The first kappa shape index (κ1) is 14.5. The van der Waals surface area contributed by atoms with Gasteiger partial charge in [0, 0.05) is 11.1 Å². The molecule has 0 spiro atoms. The van der Waals surface area contributed by atoms with Gasteiger partial charge in [-0.15, -0.1) is 0 Å². The maximum atomic E-state index is 13.4. The summed E-state index contributed by atoms with van der Waals surface area (Å²) in [4.78, 5) is 0. The van der Waals surface area contributed by atoms with Crippen LogP contribution < -0.4 is 4.74 Å². The Hall–Kier alpha value is -1.91. The van der Waals surface area contributed by atoms with Crippen molar-refractivity contribution >= 4 is 0 Å². The van der Waals surface area contributed by atoms with E-state index in [0.29, 0.717) is 17.9 Å². The number of methoxy groups -OCH3 is 1. The molecule has 0 aliphatic carbocycles. The number of rotatable bonds is 6. The van der Waals surface area contributed by atoms with Crippen molar-refractivity contribution in [1.82, 2.24) is 0 Å². The average molecular weight is 276 g/mol. The Balaban J connectivity index is 2.02. The van der Waals surface area contributed by atoms with Gasteiger partial charge in [0.05, 0.1) is 26.9 Å². The molecule has 0 aromatic heterocycles. The number of aliphatic hydroxyl groups is 1. The molecule has 0 saturated carbocycles. The van der Waals surface area contributed by atoms with E-state index in [1.54, 1.807) is 37.4 Å². The maximum Gasteiger partial charge on any atom is 0.128 e. The summed E-state index contributed by atoms with van der Waals surface area (Å²) >= 11 is 0. The molecule has 0 heterocycles. The number of benzene rings is 2. The summed E-state index contributed by atoms with van der Waals surface area (Å²) in [6, 6.07) is 11.9. The van der Waals surface area contributed by atoms with Crippen LogP contribution >= 0.6 is 0 Å². The number of hydrogen-bond acceptors (Lipinski definition) is 3. The Bertz CT molecular complexity index is 569. The molecule has 2 aromatic carbocycles. The second-order valence-corrected chi connectivity index (χ2v) is 4.39. The van der Waals surface area contributed by atoms with Gasteiger partial charge in [0.15, 0.2) is 0 Å². The van der Waals surface area contributed by atoms with Crippen LogP contribution in [0.25, 0.3) is 0 Å². The van der Waals surface area contributed by atoms with Gasteiger partial charge in [-0.25, -0.2) is 4.39 Å². The number of halogens is 1. The Morgan fingerprint density at radius 2 is 1.80 bits per heavy atom. The minimum absolute atomic E-state index is 0.0374. The van der Waals surface area contributed by atoms with Crippen molar-refractivity contribution < 1.29 is 19.0 Å². The minimum atomic E-state index is -0.274. The first-order valence-corrected chi connectivity index (χ1v) is 6.32. The quantitative estimate of drug-likeness (QED) is 0.881. The second kappa shape index (κ2) is 7.03. The van der Waals surface area contributed by atoms with Gasteiger partial charge in [0.2, 0.25) is 0 Å². The summed E-state index contributed by atoms with van der Waals surface area (Å²) < 4.78 is 24.2. The molecule has 4 heteroatoms. The molecule has 0 unspecified atom stereocenters. The van der Waals surface area contributed by atoms with Gasteiger partial charge in [0.1, 0.15) is 11.6 Å². The number of aliphatic hydroxyl groups excluding tert-OH is 1. The molecule has 2 aromatic rings. The van der Waals surface area contributed by atoms with Crippen LogP contribution in [0.15, 0.2) is 42.5 Å². The van der Waals surface area contributed by atoms with E-state index in [1.807, 2.05) is 6.07 Å². The van der Waals surface area contributed by atoms with Gasteiger partial charge in [-0.2, -0.15) is 0 Å². The molecule has 0 atom stereocenters. The van der Waals surface area contributed by atoms with Crippen LogP contribution in [-0.4, -0.2) is 12.2 Å². The number of ether oxygens (including phenoxy) is 2. The van der Waals surface area contributed by atoms with Crippen LogP contribution in [0, 0.1) is 5.82 Å². The van der Waals surface area contributed by atoms with E-state index in [0.717, 1.165) is 11.1 Å². The van der Waals surface area contributed by atoms with Crippen molar-refractivity contribution in [3.8, 4) is 5.75 Å². The molecule has 106 valence electrons. The molecule has 0 aliphatic heterocycles. The highest BCUT2D eigenvalue weighted by Crippen LogP contribution is 2.21. The third-order valence-corrected chi connectivity index (χ3v) is 3.00. The SMILES string of the molecule is COc1ccc(CO)cc1COCc1ccccc1F. The molecule has 2 rings (SSSR count). The van der Waals surface area contributed by atoms with Crippen molar-refractivity contribution in [2.45, 2.75) is 19.8 Å². The fourth-order valence-corrected chi connectivity index (χ4v) is 1.93. The van der Waals surface area contributed by atoms with Crippen molar-refractivity contribution in [2.75, 3.05) is 7.11 Å². The third-order valence-electron chi connectivity index (χ3n) is 3.00. The lowest BCUT2D eigenvalue weighted by atomic mass is 10.1. The van der Waals surface area contributed by atoms with Crippen LogP contribution in [0.3, 0.4) is 0 Å². The molecular formula is C16H17FO3. The van der Waals surface area contributed by atoms with Gasteiger partial charge < -0.3 is 14.6 Å². The van der Waals surface area contributed by atoms with Crippen LogP contribution in [0.1, 0.15) is 16.7 Å². The minimum Gasteiger partial charge on any atom is -0.496 e. The first-order chi connectivity index (χ1) is 9.74. The lowest BCUT2D eigenvalue weighted by Crippen LogP contribution is -2.00. The zero-order valence-electron chi connectivity index (χ0n) is 11.3. The van der Waals surface area contributed by atoms with Gasteiger partial charge in [-0.1, -0.05) is 24.3 Å². The Morgan fingerprint density at radius 3 is 2.50 bits per heavy atom. The Labute approximate surface area is 117 Å². The predicted molar refractivity (Wildman–Crippen MR) is 73.8 cm³/mol. The third kappa shape index (κ3) is 3.56. The molecule has 0 fully saturated rings. The van der Waals surface area contributed by atoms with E-state index in [-0.39, 0.29) is 19.0 Å². The zero-order valence-corrected chi connectivity index (χ0v) is 11.3. The fraction of sp³-hybridized carbons (Fsp3) is 0.250. The molecule has 0 saturated heterocycles. The van der Waals surface area contributed by atoms with Gasteiger partial charge in [0.25, 0.3) is 0 Å². The smallest absolute Gasteiger partial charge is 0.128 e. The lowest BCUT2D eigenvalue weighted by Gasteiger charge is -2.11. The van der Waals surface area contributed by atoms with Gasteiger partial charge in [-0.05, 0) is 23.8 Å².